The maximum absolute atomic E-state index is 12.9. The number of para-hydroxylation sites is 1. The van der Waals surface area contributed by atoms with Crippen molar-refractivity contribution in [3.8, 4) is 0 Å². The zero-order valence-corrected chi connectivity index (χ0v) is 17.1. The third-order valence-electron chi connectivity index (χ3n) is 4.43. The number of rotatable bonds is 9. The van der Waals surface area contributed by atoms with Gasteiger partial charge in [0.15, 0.2) is 0 Å². The van der Waals surface area contributed by atoms with E-state index in [-0.39, 0.29) is 29.0 Å². The number of benzene rings is 1. The predicted molar refractivity (Wildman–Crippen MR) is 105 cm³/mol. The Morgan fingerprint density at radius 3 is 2.13 bits per heavy atom. The van der Waals surface area contributed by atoms with Crippen molar-refractivity contribution in [3.05, 3.63) is 72.6 Å². The number of ether oxygens (including phenoxy) is 2. The zero-order chi connectivity index (χ0) is 23.1. The van der Waals surface area contributed by atoms with E-state index < -0.39 is 41.1 Å². The van der Waals surface area contributed by atoms with Gasteiger partial charge in [-0.15, -0.1) is 10.1 Å². The average Bonchev–Trinajstić information content (AvgIpc) is 2.70. The highest BCUT2D eigenvalue weighted by Gasteiger charge is 2.40. The van der Waals surface area contributed by atoms with Gasteiger partial charge >= 0.3 is 11.9 Å². The van der Waals surface area contributed by atoms with Gasteiger partial charge in [-0.05, 0) is 20.8 Å². The largest absolute Gasteiger partial charge is 0.463 e. The molecule has 0 amide bonds. The maximum Gasteiger partial charge on any atom is 0.336 e. The van der Waals surface area contributed by atoms with Crippen molar-refractivity contribution in [1.29, 1.82) is 0 Å². The number of nitro groups is 1. The molecule has 12 nitrogen and oxygen atoms in total. The van der Waals surface area contributed by atoms with E-state index in [2.05, 4.69) is 10.2 Å². The second-order valence-electron chi connectivity index (χ2n) is 6.36. The van der Waals surface area contributed by atoms with E-state index in [0.29, 0.717) is 11.4 Å². The number of hydrogen-bond acceptors (Lipinski definition) is 10. The first-order chi connectivity index (χ1) is 14.7. The quantitative estimate of drug-likeness (QED) is 0.263. The molecule has 0 saturated heterocycles. The Kier molecular flexibility index (Phi) is 7.66. The van der Waals surface area contributed by atoms with Gasteiger partial charge in [-0.1, -0.05) is 18.2 Å². The molecule has 1 unspecified atom stereocenters. The Balaban J connectivity index is 2.55. The molecule has 1 atom stereocenters. The number of nitro benzene ring substituents is 1. The molecule has 12 heteroatoms. The Morgan fingerprint density at radius 2 is 1.58 bits per heavy atom. The van der Waals surface area contributed by atoms with Gasteiger partial charge < -0.3 is 19.6 Å². The molecule has 1 N–H and O–H groups in total. The van der Waals surface area contributed by atoms with Crippen LogP contribution in [0.25, 0.3) is 0 Å². The Morgan fingerprint density at radius 1 is 1.00 bits per heavy atom. The Bertz CT molecular complexity index is 968. The number of esters is 2. The van der Waals surface area contributed by atoms with Crippen molar-refractivity contribution < 1.29 is 33.9 Å². The molecule has 0 spiro atoms. The molecular formula is C19H21N3O9. The number of nitrogens with zero attached hydrogens (tertiary/aromatic N) is 2. The van der Waals surface area contributed by atoms with Crippen LogP contribution in [0.3, 0.4) is 0 Å². The van der Waals surface area contributed by atoms with Gasteiger partial charge in [0, 0.05) is 23.0 Å². The molecule has 166 valence electrons. The summed E-state index contributed by atoms with van der Waals surface area (Å²) in [6, 6.07) is 5.72. The van der Waals surface area contributed by atoms with Gasteiger partial charge in [-0.3, -0.25) is 10.1 Å². The van der Waals surface area contributed by atoms with Crippen molar-refractivity contribution >= 4 is 17.6 Å². The number of nitrogens with one attached hydrogen (secondary N) is 1. The van der Waals surface area contributed by atoms with E-state index in [1.54, 1.807) is 26.8 Å². The first kappa shape index (κ1) is 23.3. The van der Waals surface area contributed by atoms with Crippen molar-refractivity contribution in [2.45, 2.75) is 26.7 Å². The molecule has 0 radical (unpaired) electrons. The van der Waals surface area contributed by atoms with E-state index in [1.807, 2.05) is 0 Å². The van der Waals surface area contributed by atoms with Crippen LogP contribution in [0.1, 0.15) is 32.3 Å². The molecule has 1 heterocycles. The minimum atomic E-state index is -1.15. The second-order valence-corrected chi connectivity index (χ2v) is 6.36. The van der Waals surface area contributed by atoms with Crippen LogP contribution in [0.5, 0.6) is 0 Å². The molecule has 0 bridgehead atoms. The maximum atomic E-state index is 12.9. The fraction of sp³-hybridized carbons (Fsp3) is 0.368. The van der Waals surface area contributed by atoms with E-state index in [0.717, 1.165) is 0 Å². The molecule has 2 rings (SSSR count). The van der Waals surface area contributed by atoms with Gasteiger partial charge in [0.1, 0.15) is 13.2 Å². The molecule has 1 aliphatic heterocycles. The minimum absolute atomic E-state index is 0.0234. The summed E-state index contributed by atoms with van der Waals surface area (Å²) < 4.78 is 10.2. The van der Waals surface area contributed by atoms with Crippen LogP contribution in [-0.2, 0) is 23.9 Å². The molecule has 1 aromatic rings. The van der Waals surface area contributed by atoms with Crippen LogP contribution in [0.2, 0.25) is 0 Å². The summed E-state index contributed by atoms with van der Waals surface area (Å²) in [6.45, 7) is 3.88. The molecular weight excluding hydrogens is 414 g/mol. The van der Waals surface area contributed by atoms with E-state index in [9.17, 15) is 29.8 Å². The summed E-state index contributed by atoms with van der Waals surface area (Å²) in [4.78, 5) is 51.0. The van der Waals surface area contributed by atoms with Gasteiger partial charge in [0.05, 0.1) is 28.6 Å². The second kappa shape index (κ2) is 10.2. The number of carbonyl (C=O) groups excluding carboxylic acids is 2. The van der Waals surface area contributed by atoms with E-state index in [4.69, 9.17) is 9.47 Å². The molecule has 31 heavy (non-hydrogen) atoms. The highest BCUT2D eigenvalue weighted by atomic mass is 17.0. The third-order valence-corrected chi connectivity index (χ3v) is 4.43. The summed E-state index contributed by atoms with van der Waals surface area (Å²) in [5.41, 5.74) is 0.462. The Hall–Kier alpha value is -3.96. The molecule has 0 aromatic heterocycles. The van der Waals surface area contributed by atoms with Gasteiger partial charge in [0.25, 0.3) is 10.8 Å². The average molecular weight is 435 g/mol. The predicted octanol–water partition coefficient (Wildman–Crippen LogP) is 2.14. The fourth-order valence-electron chi connectivity index (χ4n) is 3.28. The van der Waals surface area contributed by atoms with E-state index >= 15 is 0 Å². The van der Waals surface area contributed by atoms with Crippen molar-refractivity contribution in [2.24, 2.45) is 0 Å². The SMILES string of the molecule is CCOC(=O)C1=C(C)NC(C)=C(C(=O)OCCO[N+](=O)[O-])C1c1ccccc1[N+](=O)[O-]. The van der Waals surface area contributed by atoms with Crippen LogP contribution >= 0.6 is 0 Å². The highest BCUT2D eigenvalue weighted by Crippen LogP contribution is 2.42. The first-order valence-corrected chi connectivity index (χ1v) is 9.22. The van der Waals surface area contributed by atoms with Crippen LogP contribution in [-0.4, -0.2) is 41.8 Å². The number of allylic oxidation sites excluding steroid dienone is 2. The van der Waals surface area contributed by atoms with Crippen LogP contribution < -0.4 is 5.32 Å². The lowest BCUT2D eigenvalue weighted by Gasteiger charge is -2.30. The Labute approximate surface area is 176 Å². The molecule has 0 aliphatic carbocycles. The summed E-state index contributed by atoms with van der Waals surface area (Å²) in [5.74, 6) is -2.80. The lowest BCUT2D eigenvalue weighted by atomic mass is 9.79. The molecule has 1 aliphatic rings. The smallest absolute Gasteiger partial charge is 0.336 e. The molecule has 0 saturated carbocycles. The van der Waals surface area contributed by atoms with Crippen LogP contribution in [0.4, 0.5) is 5.69 Å². The highest BCUT2D eigenvalue weighted by molar-refractivity contribution is 6.00. The third kappa shape index (κ3) is 5.35. The minimum Gasteiger partial charge on any atom is -0.463 e. The number of carbonyl (C=O) groups is 2. The summed E-state index contributed by atoms with van der Waals surface area (Å²) in [5, 5.41) is 23.8. The van der Waals surface area contributed by atoms with Crippen molar-refractivity contribution in [2.75, 3.05) is 19.8 Å². The standard InChI is InChI=1S/C19H21N3O9/c1-4-29-18(23)15-11(2)20-12(3)16(19(24)30-9-10-31-22(27)28)17(15)13-7-5-6-8-14(13)21(25)26/h5-8,17,20H,4,9-10H2,1-3H3. The zero-order valence-electron chi connectivity index (χ0n) is 17.1. The normalized spacial score (nSPS) is 15.8. The van der Waals surface area contributed by atoms with Crippen LogP contribution in [0, 0.1) is 20.2 Å². The number of dihydropyridines is 1. The summed E-state index contributed by atoms with van der Waals surface area (Å²) >= 11 is 0. The van der Waals surface area contributed by atoms with Crippen molar-refractivity contribution in [3.63, 3.8) is 0 Å². The van der Waals surface area contributed by atoms with Gasteiger partial charge in [0.2, 0.25) is 0 Å². The lowest BCUT2D eigenvalue weighted by Crippen LogP contribution is -2.33. The number of hydrogen-bond donors (Lipinski definition) is 1. The fourth-order valence-corrected chi connectivity index (χ4v) is 3.28. The monoisotopic (exact) mass is 435 g/mol. The molecule has 1 aromatic carbocycles. The van der Waals surface area contributed by atoms with Gasteiger partial charge in [-0.2, -0.15) is 0 Å². The van der Waals surface area contributed by atoms with E-state index in [1.165, 1.54) is 18.2 Å². The molecule has 0 fully saturated rings. The van der Waals surface area contributed by atoms with Gasteiger partial charge in [-0.25, -0.2) is 9.59 Å². The van der Waals surface area contributed by atoms with Crippen molar-refractivity contribution in [1.82, 2.24) is 5.32 Å². The topological polar surface area (TPSA) is 160 Å². The van der Waals surface area contributed by atoms with Crippen LogP contribution in [0.15, 0.2) is 46.8 Å². The lowest BCUT2D eigenvalue weighted by molar-refractivity contribution is -0.757. The summed E-state index contributed by atoms with van der Waals surface area (Å²) in [6.07, 6.45) is 0. The first-order valence-electron chi connectivity index (χ1n) is 9.22. The summed E-state index contributed by atoms with van der Waals surface area (Å²) in [7, 11) is 0.